The van der Waals surface area contributed by atoms with E-state index in [4.69, 9.17) is 9.47 Å². The zero-order chi connectivity index (χ0) is 43.1. The Bertz CT molecular complexity index is 986. The van der Waals surface area contributed by atoms with Crippen molar-refractivity contribution in [1.82, 2.24) is 10.6 Å². The second-order valence-electron chi connectivity index (χ2n) is 20.3. The second kappa shape index (κ2) is 33.5. The van der Waals surface area contributed by atoms with Gasteiger partial charge in [0.15, 0.2) is 0 Å². The normalized spacial score (nSPS) is 17.8. The molecular weight excluding hydrogens is 717 g/mol. The molecule has 0 aromatic rings. The summed E-state index contributed by atoms with van der Waals surface area (Å²) in [5, 5.41) is 7.05. The molecule has 4 atom stereocenters. The van der Waals surface area contributed by atoms with Crippen LogP contribution in [0.15, 0.2) is 0 Å². The third-order valence-electron chi connectivity index (χ3n) is 15.3. The number of esters is 2. The summed E-state index contributed by atoms with van der Waals surface area (Å²) in [7, 11) is 3.02. The molecule has 2 heterocycles. The standard InChI is InChI=1S/C27H53NO2.C25H49NO2/c1-6-7-8-9-10-11-12-13-14-15-16-24(25-19-21-28-22-20-25)18-17-23(2)27(3,4)26(29)30-5;1-6-7-8-9-10-11-12-13-14-22(23-17-19-26-20-18-23)16-15-21(2)25(3,4)24(27)28-5/h23-25,28H,6-22H2,1-5H3;21-23,26H,6-20H2,1-5H3. The van der Waals surface area contributed by atoms with Crippen LogP contribution in [-0.4, -0.2) is 52.3 Å². The zero-order valence-electron chi connectivity index (χ0n) is 40.7. The van der Waals surface area contributed by atoms with Crippen molar-refractivity contribution in [1.29, 1.82) is 0 Å². The number of hydrogen-bond acceptors (Lipinski definition) is 6. The van der Waals surface area contributed by atoms with Gasteiger partial charge in [0.1, 0.15) is 0 Å². The van der Waals surface area contributed by atoms with E-state index in [-0.39, 0.29) is 22.8 Å². The van der Waals surface area contributed by atoms with Crippen molar-refractivity contribution in [2.24, 2.45) is 46.3 Å². The molecule has 6 nitrogen and oxygen atoms in total. The Hall–Kier alpha value is -1.14. The Balaban J connectivity index is 0.000000581. The number of ether oxygens (including phenoxy) is 2. The fraction of sp³-hybridized carbons (Fsp3) is 0.962. The summed E-state index contributed by atoms with van der Waals surface area (Å²) >= 11 is 0. The van der Waals surface area contributed by atoms with Gasteiger partial charge in [0.25, 0.3) is 0 Å². The van der Waals surface area contributed by atoms with Gasteiger partial charge in [-0.25, -0.2) is 0 Å². The average Bonchev–Trinajstić information content (AvgIpc) is 3.24. The molecule has 0 aromatic heterocycles. The van der Waals surface area contributed by atoms with Crippen molar-refractivity contribution in [2.75, 3.05) is 40.4 Å². The largest absolute Gasteiger partial charge is 0.469 e. The molecule has 6 heteroatoms. The first-order valence-electron chi connectivity index (χ1n) is 25.4. The third kappa shape index (κ3) is 23.2. The van der Waals surface area contributed by atoms with Gasteiger partial charge in [-0.05, 0) is 141 Å². The zero-order valence-corrected chi connectivity index (χ0v) is 40.7. The van der Waals surface area contributed by atoms with Crippen LogP contribution in [0.1, 0.15) is 235 Å². The van der Waals surface area contributed by atoms with Gasteiger partial charge < -0.3 is 20.1 Å². The number of hydrogen-bond donors (Lipinski definition) is 2. The van der Waals surface area contributed by atoms with Gasteiger partial charge in [-0.1, -0.05) is 156 Å². The summed E-state index contributed by atoms with van der Waals surface area (Å²) < 4.78 is 10.1. The fourth-order valence-electron chi connectivity index (χ4n) is 9.88. The molecule has 0 radical (unpaired) electrons. The van der Waals surface area contributed by atoms with Crippen molar-refractivity contribution >= 4 is 11.9 Å². The molecule has 0 spiro atoms. The predicted octanol–water partition coefficient (Wildman–Crippen LogP) is 14.3. The monoisotopic (exact) mass is 819 g/mol. The molecule has 2 aliphatic heterocycles. The lowest BCUT2D eigenvalue weighted by molar-refractivity contribution is -0.154. The quantitative estimate of drug-likeness (QED) is 0.0520. The van der Waals surface area contributed by atoms with Gasteiger partial charge in [-0.3, -0.25) is 9.59 Å². The minimum absolute atomic E-state index is 0.0666. The number of methoxy groups -OCH3 is 2. The van der Waals surface area contributed by atoms with E-state index in [0.717, 1.165) is 36.5 Å². The fourth-order valence-corrected chi connectivity index (χ4v) is 9.88. The first-order chi connectivity index (χ1) is 27.9. The van der Waals surface area contributed by atoms with Crippen LogP contribution in [0.5, 0.6) is 0 Å². The Labute approximate surface area is 362 Å². The summed E-state index contributed by atoms with van der Waals surface area (Å²) in [6.07, 6.45) is 38.2. The average molecular weight is 819 g/mol. The number of nitrogens with one attached hydrogen (secondary N) is 2. The number of rotatable bonds is 32. The molecule has 58 heavy (non-hydrogen) atoms. The van der Waals surface area contributed by atoms with Crippen molar-refractivity contribution in [3.63, 3.8) is 0 Å². The van der Waals surface area contributed by atoms with Gasteiger partial charge in [-0.15, -0.1) is 0 Å². The van der Waals surface area contributed by atoms with Gasteiger partial charge in [0, 0.05) is 0 Å². The van der Waals surface area contributed by atoms with E-state index in [1.54, 1.807) is 0 Å². The molecule has 0 saturated carbocycles. The molecule has 4 unspecified atom stereocenters. The lowest BCUT2D eigenvalue weighted by Crippen LogP contribution is -2.34. The van der Waals surface area contributed by atoms with E-state index < -0.39 is 0 Å². The minimum Gasteiger partial charge on any atom is -0.469 e. The van der Waals surface area contributed by atoms with E-state index >= 15 is 0 Å². The molecule has 0 aliphatic carbocycles. The van der Waals surface area contributed by atoms with E-state index in [1.165, 1.54) is 207 Å². The lowest BCUT2D eigenvalue weighted by atomic mass is 9.73. The summed E-state index contributed by atoms with van der Waals surface area (Å²) in [6, 6.07) is 0. The summed E-state index contributed by atoms with van der Waals surface area (Å²) in [4.78, 5) is 24.3. The lowest BCUT2D eigenvalue weighted by Gasteiger charge is -2.34. The Morgan fingerprint density at radius 1 is 0.466 bits per heavy atom. The van der Waals surface area contributed by atoms with Crippen LogP contribution < -0.4 is 10.6 Å². The van der Waals surface area contributed by atoms with Crippen LogP contribution in [0.4, 0.5) is 0 Å². The molecular formula is C52H102N2O4. The highest BCUT2D eigenvalue weighted by Crippen LogP contribution is 2.38. The number of piperidine rings is 2. The number of carbonyl (C=O) groups is 2. The Morgan fingerprint density at radius 3 is 1.02 bits per heavy atom. The van der Waals surface area contributed by atoms with Crippen LogP contribution >= 0.6 is 0 Å². The van der Waals surface area contributed by atoms with E-state index in [2.05, 4.69) is 38.3 Å². The van der Waals surface area contributed by atoms with E-state index in [0.29, 0.717) is 11.8 Å². The van der Waals surface area contributed by atoms with Crippen molar-refractivity contribution < 1.29 is 19.1 Å². The van der Waals surface area contributed by atoms with E-state index in [9.17, 15) is 9.59 Å². The molecule has 2 fully saturated rings. The summed E-state index contributed by atoms with van der Waals surface area (Å²) in [5.74, 6) is 4.00. The molecule has 2 aliphatic rings. The summed E-state index contributed by atoms with van der Waals surface area (Å²) in [5.41, 5.74) is -0.767. The van der Waals surface area contributed by atoms with Gasteiger partial charge >= 0.3 is 11.9 Å². The second-order valence-corrected chi connectivity index (χ2v) is 20.3. The molecule has 0 aromatic carbocycles. The van der Waals surface area contributed by atoms with Crippen LogP contribution in [0.3, 0.4) is 0 Å². The van der Waals surface area contributed by atoms with Crippen LogP contribution in [-0.2, 0) is 19.1 Å². The van der Waals surface area contributed by atoms with Crippen molar-refractivity contribution in [3.8, 4) is 0 Å². The van der Waals surface area contributed by atoms with Crippen LogP contribution in [0, 0.1) is 46.3 Å². The highest BCUT2D eigenvalue weighted by Gasteiger charge is 2.37. The van der Waals surface area contributed by atoms with Crippen LogP contribution in [0.25, 0.3) is 0 Å². The third-order valence-corrected chi connectivity index (χ3v) is 15.3. The maximum atomic E-state index is 12.2. The maximum Gasteiger partial charge on any atom is 0.311 e. The number of carbonyl (C=O) groups excluding carboxylic acids is 2. The molecule has 0 amide bonds. The SMILES string of the molecule is CCCCCCCCCCC(CCC(C)C(C)(C)C(=O)OC)C1CCNCC1.CCCCCCCCCCCCC(CCC(C)C(C)(C)C(=O)OC)C1CCNCC1. The highest BCUT2D eigenvalue weighted by molar-refractivity contribution is 5.76. The molecule has 344 valence electrons. The van der Waals surface area contributed by atoms with Gasteiger partial charge in [0.05, 0.1) is 25.0 Å². The Kier molecular flexibility index (Phi) is 31.7. The highest BCUT2D eigenvalue weighted by atomic mass is 16.5. The smallest absolute Gasteiger partial charge is 0.311 e. The summed E-state index contributed by atoms with van der Waals surface area (Å²) in [6.45, 7) is 21.9. The predicted molar refractivity (Wildman–Crippen MR) is 250 cm³/mol. The van der Waals surface area contributed by atoms with Gasteiger partial charge in [-0.2, -0.15) is 0 Å². The Morgan fingerprint density at radius 2 is 0.741 bits per heavy atom. The van der Waals surface area contributed by atoms with Gasteiger partial charge in [0.2, 0.25) is 0 Å². The van der Waals surface area contributed by atoms with Crippen LogP contribution in [0.2, 0.25) is 0 Å². The molecule has 2 saturated heterocycles. The first kappa shape index (κ1) is 54.9. The molecule has 0 bridgehead atoms. The maximum absolute atomic E-state index is 12.2. The first-order valence-corrected chi connectivity index (χ1v) is 25.4. The van der Waals surface area contributed by atoms with Crippen molar-refractivity contribution in [3.05, 3.63) is 0 Å². The van der Waals surface area contributed by atoms with Crippen molar-refractivity contribution in [2.45, 2.75) is 235 Å². The molecule has 2 N–H and O–H groups in total. The minimum atomic E-state index is -0.384. The van der Waals surface area contributed by atoms with E-state index in [1.807, 2.05) is 27.7 Å². The topological polar surface area (TPSA) is 76.7 Å². The molecule has 2 rings (SSSR count). The number of unbranched alkanes of at least 4 members (excludes halogenated alkanes) is 16.